The number of ether oxygens (including phenoxy) is 3. The van der Waals surface area contributed by atoms with E-state index in [1.807, 2.05) is 18.2 Å². The predicted octanol–water partition coefficient (Wildman–Crippen LogP) is 2.88. The highest BCUT2D eigenvalue weighted by atomic mass is 32.2. The molecule has 1 aromatic carbocycles. The van der Waals surface area contributed by atoms with Crippen molar-refractivity contribution in [2.75, 3.05) is 32.0 Å². The standard InChI is InChI=1S/C24H31N7O6S/c1-24(2,3)37-23(32)30-13-9-12-17(14-30)38(33,34)29-22-28-27-19(16-10-7-6-8-11-16)31(22)18-20(35-4)25-15-26-21(18)36-5/h6-8,10-11,15,17H,9,12-14H2,1-5H3,(H,28,29)/t17-/m0/s1. The Bertz CT molecular complexity index is 1370. The summed E-state index contributed by atoms with van der Waals surface area (Å²) in [4.78, 5) is 22.3. The molecule has 1 aliphatic rings. The molecule has 0 bridgehead atoms. The van der Waals surface area contributed by atoms with E-state index in [1.165, 1.54) is 30.0 Å². The molecule has 1 atom stereocenters. The lowest BCUT2D eigenvalue weighted by Gasteiger charge is -2.33. The van der Waals surface area contributed by atoms with Crippen molar-refractivity contribution in [1.82, 2.24) is 29.6 Å². The summed E-state index contributed by atoms with van der Waals surface area (Å²) in [6.07, 6.45) is 1.57. The molecule has 1 N–H and O–H groups in total. The second-order valence-corrected chi connectivity index (χ2v) is 11.6. The Morgan fingerprint density at radius 2 is 1.71 bits per heavy atom. The Kier molecular flexibility index (Phi) is 7.71. The quantitative estimate of drug-likeness (QED) is 0.469. The number of sulfonamides is 1. The van der Waals surface area contributed by atoms with E-state index >= 15 is 0 Å². The first-order chi connectivity index (χ1) is 18.0. The van der Waals surface area contributed by atoms with Crippen molar-refractivity contribution in [2.24, 2.45) is 0 Å². The van der Waals surface area contributed by atoms with Gasteiger partial charge in [0.1, 0.15) is 11.9 Å². The number of nitrogens with zero attached hydrogens (tertiary/aromatic N) is 6. The molecule has 0 unspecified atom stereocenters. The fourth-order valence-electron chi connectivity index (χ4n) is 4.07. The largest absolute Gasteiger partial charge is 0.479 e. The minimum absolute atomic E-state index is 0.0228. The molecule has 13 nitrogen and oxygen atoms in total. The van der Waals surface area contributed by atoms with Crippen LogP contribution in [0.1, 0.15) is 33.6 Å². The molecule has 1 saturated heterocycles. The number of amides is 1. The summed E-state index contributed by atoms with van der Waals surface area (Å²) in [5.74, 6) is 0.462. The molecule has 38 heavy (non-hydrogen) atoms. The molecular weight excluding hydrogens is 514 g/mol. The highest BCUT2D eigenvalue weighted by molar-refractivity contribution is 7.93. The summed E-state index contributed by atoms with van der Waals surface area (Å²) in [5, 5.41) is 7.52. The van der Waals surface area contributed by atoms with Gasteiger partial charge in [0.15, 0.2) is 11.5 Å². The Morgan fingerprint density at radius 3 is 2.32 bits per heavy atom. The van der Waals surface area contributed by atoms with Gasteiger partial charge in [-0.25, -0.2) is 13.2 Å². The lowest BCUT2D eigenvalue weighted by atomic mass is 10.1. The van der Waals surface area contributed by atoms with Crippen molar-refractivity contribution in [3.05, 3.63) is 36.7 Å². The van der Waals surface area contributed by atoms with Crippen molar-refractivity contribution < 1.29 is 27.4 Å². The van der Waals surface area contributed by atoms with Gasteiger partial charge in [0.05, 0.1) is 19.5 Å². The highest BCUT2D eigenvalue weighted by Crippen LogP contribution is 2.35. The normalized spacial score (nSPS) is 16.1. The van der Waals surface area contributed by atoms with Crippen molar-refractivity contribution >= 4 is 22.1 Å². The first kappa shape index (κ1) is 27.1. The lowest BCUT2D eigenvalue weighted by molar-refractivity contribution is 0.0219. The fourth-order valence-corrected chi connectivity index (χ4v) is 5.47. The maximum absolute atomic E-state index is 13.6. The topological polar surface area (TPSA) is 151 Å². The number of rotatable bonds is 7. The van der Waals surface area contributed by atoms with Gasteiger partial charge in [-0.05, 0) is 33.6 Å². The van der Waals surface area contributed by atoms with Gasteiger partial charge in [0.25, 0.3) is 0 Å². The molecule has 4 rings (SSSR count). The van der Waals surface area contributed by atoms with E-state index in [2.05, 4.69) is 24.9 Å². The van der Waals surface area contributed by atoms with Crippen LogP contribution >= 0.6 is 0 Å². The highest BCUT2D eigenvalue weighted by Gasteiger charge is 2.36. The number of anilines is 1. The summed E-state index contributed by atoms with van der Waals surface area (Å²) in [6.45, 7) is 5.67. The lowest BCUT2D eigenvalue weighted by Crippen LogP contribution is -2.48. The second-order valence-electron chi connectivity index (χ2n) is 9.63. The smallest absolute Gasteiger partial charge is 0.410 e. The number of carbonyl (C=O) groups excluding carboxylic acids is 1. The molecule has 2 aromatic heterocycles. The Labute approximate surface area is 221 Å². The van der Waals surface area contributed by atoms with E-state index in [0.717, 1.165) is 0 Å². The van der Waals surface area contributed by atoms with Crippen LogP contribution in [-0.2, 0) is 14.8 Å². The van der Waals surface area contributed by atoms with E-state index in [0.29, 0.717) is 30.8 Å². The number of benzene rings is 1. The maximum atomic E-state index is 13.6. The van der Waals surface area contributed by atoms with Crippen molar-refractivity contribution in [2.45, 2.75) is 44.5 Å². The summed E-state index contributed by atoms with van der Waals surface area (Å²) < 4.78 is 47.5. The third kappa shape index (κ3) is 5.79. The molecule has 14 heteroatoms. The molecule has 0 aliphatic carbocycles. The first-order valence-electron chi connectivity index (χ1n) is 12.0. The third-order valence-electron chi connectivity index (χ3n) is 5.76. The van der Waals surface area contributed by atoms with Crippen LogP contribution in [0.2, 0.25) is 0 Å². The fraction of sp³-hybridized carbons (Fsp3) is 0.458. The number of aromatic nitrogens is 5. The van der Waals surface area contributed by atoms with Crippen LogP contribution < -0.4 is 14.2 Å². The van der Waals surface area contributed by atoms with Gasteiger partial charge in [0.2, 0.25) is 27.7 Å². The second kappa shape index (κ2) is 10.8. The molecule has 1 aliphatic heterocycles. The number of carbonyl (C=O) groups is 1. The monoisotopic (exact) mass is 545 g/mol. The first-order valence-corrected chi connectivity index (χ1v) is 13.5. The molecule has 1 amide bonds. The summed E-state index contributed by atoms with van der Waals surface area (Å²) in [5.41, 5.74) is 0.187. The van der Waals surface area contributed by atoms with Crippen LogP contribution in [0.5, 0.6) is 11.8 Å². The van der Waals surface area contributed by atoms with E-state index in [4.69, 9.17) is 14.2 Å². The van der Waals surface area contributed by atoms with Gasteiger partial charge in [-0.15, -0.1) is 10.2 Å². The van der Waals surface area contributed by atoms with Gasteiger partial charge < -0.3 is 19.1 Å². The van der Waals surface area contributed by atoms with Crippen LogP contribution in [0.3, 0.4) is 0 Å². The Hall–Kier alpha value is -3.94. The van der Waals surface area contributed by atoms with Gasteiger partial charge in [-0.2, -0.15) is 9.97 Å². The van der Waals surface area contributed by atoms with E-state index < -0.39 is 27.0 Å². The van der Waals surface area contributed by atoms with Crippen LogP contribution in [0, 0.1) is 0 Å². The van der Waals surface area contributed by atoms with Gasteiger partial charge >= 0.3 is 6.09 Å². The van der Waals surface area contributed by atoms with E-state index in [9.17, 15) is 13.2 Å². The summed E-state index contributed by atoms with van der Waals surface area (Å²) in [7, 11) is -1.18. The van der Waals surface area contributed by atoms with Crippen molar-refractivity contribution in [1.29, 1.82) is 0 Å². The van der Waals surface area contributed by atoms with Gasteiger partial charge in [0, 0.05) is 18.7 Å². The van der Waals surface area contributed by atoms with Gasteiger partial charge in [-0.1, -0.05) is 30.3 Å². The zero-order valence-corrected chi connectivity index (χ0v) is 22.7. The van der Waals surface area contributed by atoms with E-state index in [-0.39, 0.29) is 29.9 Å². The SMILES string of the molecule is COc1ncnc(OC)c1-n1c(NS(=O)(=O)[C@H]2CCCN(C(=O)OC(C)(C)C)C2)nnc1-c1ccccc1. The minimum Gasteiger partial charge on any atom is -0.479 e. The molecule has 0 saturated carbocycles. The van der Waals surface area contributed by atoms with Crippen LogP contribution in [0.4, 0.5) is 10.7 Å². The van der Waals surface area contributed by atoms with Crippen molar-refractivity contribution in [3.8, 4) is 28.8 Å². The molecule has 3 aromatic rings. The Balaban J connectivity index is 1.73. The maximum Gasteiger partial charge on any atom is 0.410 e. The molecule has 0 spiro atoms. The van der Waals surface area contributed by atoms with E-state index in [1.54, 1.807) is 32.9 Å². The predicted molar refractivity (Wildman–Crippen MR) is 139 cm³/mol. The molecule has 0 radical (unpaired) electrons. The van der Waals surface area contributed by atoms with Crippen LogP contribution in [0.25, 0.3) is 17.1 Å². The summed E-state index contributed by atoms with van der Waals surface area (Å²) in [6, 6.07) is 9.10. The molecule has 204 valence electrons. The van der Waals surface area contributed by atoms with Crippen molar-refractivity contribution in [3.63, 3.8) is 0 Å². The molecular formula is C24H31N7O6S. The average molecular weight is 546 g/mol. The van der Waals surface area contributed by atoms with Crippen LogP contribution in [-0.4, -0.2) is 82.3 Å². The minimum atomic E-state index is -4.03. The Morgan fingerprint density at radius 1 is 1.05 bits per heavy atom. The zero-order chi connectivity index (χ0) is 27.5. The molecule has 1 fully saturated rings. The molecule has 3 heterocycles. The number of piperidine rings is 1. The average Bonchev–Trinajstić information content (AvgIpc) is 3.29. The van der Waals surface area contributed by atoms with Crippen LogP contribution in [0.15, 0.2) is 36.7 Å². The summed E-state index contributed by atoms with van der Waals surface area (Å²) >= 11 is 0. The number of methoxy groups -OCH3 is 2. The number of likely N-dealkylation sites (tertiary alicyclic amines) is 1. The number of hydrogen-bond donors (Lipinski definition) is 1. The number of nitrogens with one attached hydrogen (secondary N) is 1. The third-order valence-corrected chi connectivity index (χ3v) is 7.49. The number of hydrogen-bond acceptors (Lipinski definition) is 10. The van der Waals surface area contributed by atoms with Gasteiger partial charge in [-0.3, -0.25) is 9.29 Å². The zero-order valence-electron chi connectivity index (χ0n) is 21.9.